The molecule has 0 aliphatic rings. The van der Waals surface area contributed by atoms with Gasteiger partial charge in [0.2, 0.25) is 0 Å². The monoisotopic (exact) mass is 244 g/mol. The van der Waals surface area contributed by atoms with E-state index in [1.54, 1.807) is 6.55 Å². The second-order valence-electron chi connectivity index (χ2n) is 2.54. The third-order valence-electron chi connectivity index (χ3n) is 1.45. The Bertz CT molecular complexity index is 155. The van der Waals surface area contributed by atoms with Crippen LogP contribution in [0.3, 0.4) is 0 Å². The molecule has 0 fully saturated rings. The lowest BCUT2D eigenvalue weighted by molar-refractivity contribution is 0.130. The van der Waals surface area contributed by atoms with Crippen molar-refractivity contribution in [2.75, 3.05) is 14.2 Å². The molecular weight excluding hydrogens is 228 g/mol. The summed E-state index contributed by atoms with van der Waals surface area (Å²) in [5.74, 6) is 0. The highest BCUT2D eigenvalue weighted by molar-refractivity contribution is 6.74. The van der Waals surface area contributed by atoms with Crippen LogP contribution in [0.15, 0.2) is 0 Å². The van der Waals surface area contributed by atoms with Gasteiger partial charge in [-0.15, -0.1) is 0 Å². The highest BCUT2D eigenvalue weighted by Crippen LogP contribution is 2.13. The van der Waals surface area contributed by atoms with Gasteiger partial charge in [0.1, 0.15) is 0 Å². The van der Waals surface area contributed by atoms with Crippen molar-refractivity contribution >= 4 is 27.6 Å². The molecule has 0 aromatic heterocycles. The van der Waals surface area contributed by atoms with Crippen molar-refractivity contribution in [2.24, 2.45) is 0 Å². The first kappa shape index (κ1) is 13.4. The van der Waals surface area contributed by atoms with Crippen LogP contribution in [0.1, 0.15) is 0 Å². The Labute approximate surface area is 82.2 Å². The maximum Gasteiger partial charge on any atom is 0.487 e. The molecule has 9 heteroatoms. The van der Waals surface area contributed by atoms with E-state index in [9.17, 15) is 4.80 Å². The van der Waals surface area contributed by atoms with E-state index in [1.807, 2.05) is 0 Å². The van der Waals surface area contributed by atoms with Gasteiger partial charge in [-0.2, -0.15) is 0 Å². The van der Waals surface area contributed by atoms with Crippen molar-refractivity contribution in [1.29, 1.82) is 0 Å². The minimum atomic E-state index is -3.15. The minimum absolute atomic E-state index is 1.35. The first-order valence-electron chi connectivity index (χ1n) is 3.67. The van der Waals surface area contributed by atoms with Gasteiger partial charge >= 0.3 is 17.6 Å². The van der Waals surface area contributed by atoms with Crippen LogP contribution < -0.4 is 0 Å². The average Bonchev–Trinajstić information content (AvgIpc) is 2.04. The summed E-state index contributed by atoms with van der Waals surface area (Å²) in [5.41, 5.74) is 0. The van der Waals surface area contributed by atoms with Crippen LogP contribution in [-0.2, 0) is 17.1 Å². The molecule has 0 saturated heterocycles. The summed E-state index contributed by atoms with van der Waals surface area (Å²) in [4.78, 5) is 18.2. The van der Waals surface area contributed by atoms with Gasteiger partial charge in [-0.3, -0.25) is 0 Å². The second-order valence-corrected chi connectivity index (χ2v) is 9.11. The van der Waals surface area contributed by atoms with Gasteiger partial charge in [0.15, 0.2) is 0 Å². The third kappa shape index (κ3) is 4.99. The van der Waals surface area contributed by atoms with Crippen molar-refractivity contribution in [3.05, 3.63) is 0 Å². The second kappa shape index (κ2) is 5.33. The number of hydrogen-bond donors (Lipinski definition) is 2. The topological polar surface area (TPSA) is 77.4 Å². The van der Waals surface area contributed by atoms with E-state index in [1.165, 1.54) is 20.8 Å². The predicted molar refractivity (Wildman–Crippen MR) is 52.4 cm³/mol. The molecule has 0 aliphatic heterocycles. The summed E-state index contributed by atoms with van der Waals surface area (Å²) in [6.45, 7) is 3.05. The van der Waals surface area contributed by atoms with Crippen molar-refractivity contribution in [1.82, 2.24) is 0 Å². The summed E-state index contributed by atoms with van der Waals surface area (Å²) in [6.07, 6.45) is 0. The Kier molecular flexibility index (Phi) is 5.50. The van der Waals surface area contributed by atoms with Crippen molar-refractivity contribution in [2.45, 2.75) is 13.1 Å². The standard InChI is InChI=1S/C4H16O6Si3/c1-7-12(3,6)10-13(4,8-2)9-11-5/h5-6H,11H2,1-4H3. The maximum absolute atomic E-state index is 9.52. The predicted octanol–water partition coefficient (Wildman–Crippen LogP) is -1.57. The van der Waals surface area contributed by atoms with Crippen molar-refractivity contribution < 1.29 is 26.7 Å². The van der Waals surface area contributed by atoms with E-state index >= 15 is 0 Å². The lowest BCUT2D eigenvalue weighted by Gasteiger charge is -2.29. The van der Waals surface area contributed by atoms with Gasteiger partial charge in [0.25, 0.3) is 10.0 Å². The third-order valence-corrected chi connectivity index (χ3v) is 8.56. The fourth-order valence-corrected chi connectivity index (χ4v) is 6.23. The molecule has 6 nitrogen and oxygen atoms in total. The smallest absolute Gasteiger partial charge is 0.416 e. The van der Waals surface area contributed by atoms with Crippen LogP contribution >= 0.6 is 0 Å². The molecule has 80 valence electrons. The Balaban J connectivity index is 4.25. The Morgan fingerprint density at radius 2 is 1.69 bits per heavy atom. The van der Waals surface area contributed by atoms with Crippen LogP contribution in [0.2, 0.25) is 13.1 Å². The lowest BCUT2D eigenvalue weighted by atomic mass is 11.8. The van der Waals surface area contributed by atoms with Crippen molar-refractivity contribution in [3.8, 4) is 0 Å². The number of rotatable bonds is 6. The van der Waals surface area contributed by atoms with E-state index < -0.39 is 27.6 Å². The molecule has 0 aromatic carbocycles. The zero-order valence-corrected chi connectivity index (χ0v) is 11.6. The normalized spacial score (nSPS) is 21.7. The van der Waals surface area contributed by atoms with Gasteiger partial charge < -0.3 is 26.7 Å². The molecule has 0 saturated carbocycles. The van der Waals surface area contributed by atoms with Crippen LogP contribution in [0.4, 0.5) is 0 Å². The van der Waals surface area contributed by atoms with Gasteiger partial charge in [-0.05, 0) is 0 Å². The highest BCUT2D eigenvalue weighted by atomic mass is 28.5. The first-order valence-corrected chi connectivity index (χ1v) is 9.36. The van der Waals surface area contributed by atoms with Crippen LogP contribution in [0.5, 0.6) is 0 Å². The molecule has 2 N–H and O–H groups in total. The fraction of sp³-hybridized carbons (Fsp3) is 1.00. The summed E-state index contributed by atoms with van der Waals surface area (Å²) in [5, 5.41) is 0. The molecule has 13 heavy (non-hydrogen) atoms. The molecule has 0 spiro atoms. The summed E-state index contributed by atoms with van der Waals surface area (Å²) in [6, 6.07) is 0. The van der Waals surface area contributed by atoms with E-state index in [0.29, 0.717) is 0 Å². The van der Waals surface area contributed by atoms with Crippen LogP contribution in [0.25, 0.3) is 0 Å². The molecule has 2 atom stereocenters. The average molecular weight is 244 g/mol. The van der Waals surface area contributed by atoms with Gasteiger partial charge in [-0.25, -0.2) is 0 Å². The van der Waals surface area contributed by atoms with E-state index in [0.717, 1.165) is 0 Å². The molecule has 2 unspecified atom stereocenters. The first-order chi connectivity index (χ1) is 5.89. The molecule has 0 amide bonds. The molecule has 0 bridgehead atoms. The summed E-state index contributed by atoms with van der Waals surface area (Å²) >= 11 is 0. The maximum atomic E-state index is 9.52. The lowest BCUT2D eigenvalue weighted by Crippen LogP contribution is -2.53. The molecule has 0 rings (SSSR count). The molecule has 0 aliphatic carbocycles. The molecule has 0 heterocycles. The fourth-order valence-electron chi connectivity index (χ4n) is 0.633. The van der Waals surface area contributed by atoms with Gasteiger partial charge in [0, 0.05) is 27.3 Å². The van der Waals surface area contributed by atoms with Gasteiger partial charge in [-0.1, -0.05) is 0 Å². The Morgan fingerprint density at radius 1 is 1.15 bits per heavy atom. The zero-order valence-electron chi connectivity index (χ0n) is 8.23. The Hall–Kier alpha value is 0.411. The van der Waals surface area contributed by atoms with E-state index in [-0.39, 0.29) is 0 Å². The number of hydrogen-bond acceptors (Lipinski definition) is 6. The highest BCUT2D eigenvalue weighted by Gasteiger charge is 2.43. The molecular formula is C4H16O6Si3. The molecule has 0 aromatic rings. The zero-order chi connectivity index (χ0) is 10.5. The summed E-state index contributed by atoms with van der Waals surface area (Å²) in [7, 11) is -4.87. The SMILES string of the molecule is CO[Si](C)(O)O[Si](C)(OC)O[SiH2]O. The van der Waals surface area contributed by atoms with Crippen LogP contribution in [0, 0.1) is 0 Å². The van der Waals surface area contributed by atoms with Crippen molar-refractivity contribution in [3.63, 3.8) is 0 Å². The van der Waals surface area contributed by atoms with Crippen LogP contribution in [-0.4, -0.2) is 51.4 Å². The largest absolute Gasteiger partial charge is 0.487 e. The quantitative estimate of drug-likeness (QED) is 0.550. The van der Waals surface area contributed by atoms with E-state index in [4.69, 9.17) is 21.9 Å². The van der Waals surface area contributed by atoms with E-state index in [2.05, 4.69) is 0 Å². The van der Waals surface area contributed by atoms with Gasteiger partial charge in [0.05, 0.1) is 0 Å². The summed E-state index contributed by atoms with van der Waals surface area (Å²) < 4.78 is 19.9. The minimum Gasteiger partial charge on any atom is -0.416 e. The Morgan fingerprint density at radius 3 is 2.00 bits per heavy atom. The molecule has 0 radical (unpaired) electrons.